The van der Waals surface area contributed by atoms with E-state index in [1.54, 1.807) is 0 Å². The van der Waals surface area contributed by atoms with Gasteiger partial charge in [0.2, 0.25) is 0 Å². The standard InChI is InChI=1S/C17H10Cl3N/c18-13-14(19)16(11-7-3-1-4-8-11)21-17(15(13)20)12-9-5-2-6-10-12/h1-10H. The Kier molecular flexibility index (Phi) is 4.16. The summed E-state index contributed by atoms with van der Waals surface area (Å²) >= 11 is 18.9. The van der Waals surface area contributed by atoms with Crippen LogP contribution in [0.1, 0.15) is 0 Å². The molecule has 0 amide bonds. The summed E-state index contributed by atoms with van der Waals surface area (Å²) < 4.78 is 0. The summed E-state index contributed by atoms with van der Waals surface area (Å²) in [5, 5.41) is 1.06. The summed E-state index contributed by atoms with van der Waals surface area (Å²) in [5.74, 6) is 0. The lowest BCUT2D eigenvalue weighted by molar-refractivity contribution is 1.32. The summed E-state index contributed by atoms with van der Waals surface area (Å²) in [7, 11) is 0. The third-order valence-corrected chi connectivity index (χ3v) is 4.43. The molecule has 0 aliphatic carbocycles. The first-order valence-corrected chi connectivity index (χ1v) is 7.47. The average molecular weight is 335 g/mol. The largest absolute Gasteiger partial charge is 0.245 e. The van der Waals surface area contributed by atoms with Gasteiger partial charge in [-0.3, -0.25) is 0 Å². The second-order valence-electron chi connectivity index (χ2n) is 4.48. The van der Waals surface area contributed by atoms with Crippen molar-refractivity contribution in [2.24, 2.45) is 0 Å². The Hall–Kier alpha value is -1.54. The summed E-state index contributed by atoms with van der Waals surface area (Å²) in [6.07, 6.45) is 0. The molecule has 1 heterocycles. The Morgan fingerprint density at radius 2 is 0.905 bits per heavy atom. The van der Waals surface area contributed by atoms with Gasteiger partial charge in [-0.1, -0.05) is 95.5 Å². The van der Waals surface area contributed by atoms with E-state index in [9.17, 15) is 0 Å². The van der Waals surface area contributed by atoms with Gasteiger partial charge in [0.1, 0.15) is 0 Å². The van der Waals surface area contributed by atoms with Crippen LogP contribution in [-0.2, 0) is 0 Å². The molecule has 0 unspecified atom stereocenters. The van der Waals surface area contributed by atoms with Crippen LogP contribution in [0, 0.1) is 0 Å². The third kappa shape index (κ3) is 2.77. The molecule has 4 heteroatoms. The van der Waals surface area contributed by atoms with E-state index in [1.165, 1.54) is 0 Å². The van der Waals surface area contributed by atoms with Crippen LogP contribution in [0.5, 0.6) is 0 Å². The van der Waals surface area contributed by atoms with Gasteiger partial charge < -0.3 is 0 Å². The second-order valence-corrected chi connectivity index (χ2v) is 5.62. The Morgan fingerprint density at radius 1 is 0.524 bits per heavy atom. The van der Waals surface area contributed by atoms with Gasteiger partial charge in [0.25, 0.3) is 0 Å². The van der Waals surface area contributed by atoms with Crippen LogP contribution < -0.4 is 0 Å². The molecule has 3 aromatic rings. The highest BCUT2D eigenvalue weighted by molar-refractivity contribution is 6.50. The molecule has 0 saturated heterocycles. The molecule has 1 nitrogen and oxygen atoms in total. The van der Waals surface area contributed by atoms with E-state index in [4.69, 9.17) is 34.8 Å². The Balaban J connectivity index is 2.26. The molecule has 0 aliphatic rings. The van der Waals surface area contributed by atoms with Crippen LogP contribution in [0.4, 0.5) is 0 Å². The topological polar surface area (TPSA) is 12.9 Å². The maximum atomic E-state index is 6.31. The number of hydrogen-bond acceptors (Lipinski definition) is 1. The van der Waals surface area contributed by atoms with Crippen molar-refractivity contribution in [3.05, 3.63) is 75.7 Å². The maximum absolute atomic E-state index is 6.31. The van der Waals surface area contributed by atoms with Gasteiger partial charge in [-0.15, -0.1) is 0 Å². The molecule has 2 aromatic carbocycles. The molecule has 0 atom stereocenters. The van der Waals surface area contributed by atoms with Crippen molar-refractivity contribution in [1.29, 1.82) is 0 Å². The molecule has 104 valence electrons. The fourth-order valence-electron chi connectivity index (χ4n) is 2.09. The molecular weight excluding hydrogens is 325 g/mol. The van der Waals surface area contributed by atoms with Gasteiger partial charge in [0, 0.05) is 11.1 Å². The molecule has 0 radical (unpaired) electrons. The van der Waals surface area contributed by atoms with E-state index in [-0.39, 0.29) is 0 Å². The Bertz CT molecular complexity index is 707. The van der Waals surface area contributed by atoms with Crippen LogP contribution in [0.2, 0.25) is 15.1 Å². The Morgan fingerprint density at radius 3 is 1.29 bits per heavy atom. The van der Waals surface area contributed by atoms with E-state index in [0.717, 1.165) is 11.1 Å². The summed E-state index contributed by atoms with van der Waals surface area (Å²) in [5.41, 5.74) is 3.06. The quantitative estimate of drug-likeness (QED) is 0.530. The molecule has 21 heavy (non-hydrogen) atoms. The molecule has 3 rings (SSSR count). The lowest BCUT2D eigenvalue weighted by atomic mass is 10.1. The minimum Gasteiger partial charge on any atom is -0.245 e. The molecule has 0 saturated carbocycles. The first-order chi connectivity index (χ1) is 10.2. The van der Waals surface area contributed by atoms with Crippen molar-refractivity contribution in [3.8, 4) is 22.5 Å². The number of benzene rings is 2. The van der Waals surface area contributed by atoms with Crippen LogP contribution >= 0.6 is 34.8 Å². The van der Waals surface area contributed by atoms with Gasteiger partial charge in [-0.2, -0.15) is 0 Å². The molecule has 0 bridgehead atoms. The van der Waals surface area contributed by atoms with Crippen molar-refractivity contribution in [3.63, 3.8) is 0 Å². The third-order valence-electron chi connectivity index (χ3n) is 3.12. The van der Waals surface area contributed by atoms with Crippen molar-refractivity contribution in [2.75, 3.05) is 0 Å². The van der Waals surface area contributed by atoms with Gasteiger partial charge in [-0.05, 0) is 0 Å². The minimum absolute atomic E-state index is 0.325. The van der Waals surface area contributed by atoms with Crippen molar-refractivity contribution >= 4 is 34.8 Å². The SMILES string of the molecule is Clc1c(-c2ccccc2)nc(-c2ccccc2)c(Cl)c1Cl. The lowest BCUT2D eigenvalue weighted by Crippen LogP contribution is -1.92. The number of nitrogens with zero attached hydrogens (tertiary/aromatic N) is 1. The molecule has 0 N–H and O–H groups in total. The zero-order valence-corrected chi connectivity index (χ0v) is 13.1. The van der Waals surface area contributed by atoms with E-state index in [1.807, 2.05) is 60.7 Å². The number of pyridine rings is 1. The van der Waals surface area contributed by atoms with Gasteiger partial charge >= 0.3 is 0 Å². The monoisotopic (exact) mass is 333 g/mol. The summed E-state index contributed by atoms with van der Waals surface area (Å²) in [6.45, 7) is 0. The highest BCUT2D eigenvalue weighted by Crippen LogP contribution is 2.41. The fourth-order valence-corrected chi connectivity index (χ4v) is 2.81. The van der Waals surface area contributed by atoms with Crippen LogP contribution in [0.15, 0.2) is 60.7 Å². The zero-order valence-electron chi connectivity index (χ0n) is 10.9. The maximum Gasteiger partial charge on any atom is 0.0912 e. The van der Waals surface area contributed by atoms with Crippen LogP contribution in [0.3, 0.4) is 0 Å². The highest BCUT2D eigenvalue weighted by atomic mass is 35.5. The van der Waals surface area contributed by atoms with Crippen LogP contribution in [0.25, 0.3) is 22.5 Å². The van der Waals surface area contributed by atoms with Crippen molar-refractivity contribution in [1.82, 2.24) is 4.98 Å². The zero-order chi connectivity index (χ0) is 14.8. The highest BCUT2D eigenvalue weighted by Gasteiger charge is 2.18. The van der Waals surface area contributed by atoms with E-state index in [0.29, 0.717) is 26.5 Å². The molecule has 0 spiro atoms. The fraction of sp³-hybridized carbons (Fsp3) is 0. The smallest absolute Gasteiger partial charge is 0.0912 e. The van der Waals surface area contributed by atoms with Gasteiger partial charge in [0.15, 0.2) is 0 Å². The second kappa shape index (κ2) is 6.07. The molecule has 0 aliphatic heterocycles. The summed E-state index contributed by atoms with van der Waals surface area (Å²) in [4.78, 5) is 4.62. The molecular formula is C17H10Cl3N. The van der Waals surface area contributed by atoms with E-state index < -0.39 is 0 Å². The number of rotatable bonds is 2. The Labute approximate surface area is 138 Å². The van der Waals surface area contributed by atoms with Crippen molar-refractivity contribution < 1.29 is 0 Å². The van der Waals surface area contributed by atoms with E-state index >= 15 is 0 Å². The predicted molar refractivity (Wildman–Crippen MR) is 90.1 cm³/mol. The average Bonchev–Trinajstić information content (AvgIpc) is 2.55. The lowest BCUT2D eigenvalue weighted by Gasteiger charge is -2.12. The minimum atomic E-state index is 0.325. The van der Waals surface area contributed by atoms with E-state index in [2.05, 4.69) is 4.98 Å². The first-order valence-electron chi connectivity index (χ1n) is 6.34. The van der Waals surface area contributed by atoms with Crippen LogP contribution in [-0.4, -0.2) is 4.98 Å². The summed E-state index contributed by atoms with van der Waals surface area (Å²) in [6, 6.07) is 19.3. The van der Waals surface area contributed by atoms with Crippen molar-refractivity contribution in [2.45, 2.75) is 0 Å². The molecule has 0 fully saturated rings. The number of aromatic nitrogens is 1. The van der Waals surface area contributed by atoms with Gasteiger partial charge in [0.05, 0.1) is 26.5 Å². The van der Waals surface area contributed by atoms with Gasteiger partial charge in [-0.25, -0.2) is 4.98 Å². The first kappa shape index (κ1) is 14.4. The normalized spacial score (nSPS) is 10.6. The predicted octanol–water partition coefficient (Wildman–Crippen LogP) is 6.38. The molecule has 1 aromatic heterocycles. The number of hydrogen-bond donors (Lipinski definition) is 0. The number of halogens is 3.